The molecule has 1 aromatic carbocycles. The van der Waals surface area contributed by atoms with Gasteiger partial charge >= 0.3 is 0 Å². The molecular weight excluding hydrogens is 362 g/mol. The number of carbonyl (C=O) groups excluding carboxylic acids is 1. The van der Waals surface area contributed by atoms with Crippen LogP contribution in [0.25, 0.3) is 0 Å². The maximum Gasteiger partial charge on any atom is 0.212 e. The lowest BCUT2D eigenvalue weighted by molar-refractivity contribution is -0.301. The molecule has 0 N–H and O–H groups in total. The molecule has 26 heavy (non-hydrogen) atoms. The van der Waals surface area contributed by atoms with Gasteiger partial charge in [0.1, 0.15) is 11.6 Å². The predicted octanol–water partition coefficient (Wildman–Crippen LogP) is 2.33. The average molecular weight is 379 g/mol. The van der Waals surface area contributed by atoms with E-state index in [0.717, 1.165) is 62.2 Å². The Kier molecular flexibility index (Phi) is 5.97. The highest BCUT2D eigenvalue weighted by atomic mass is 32.2. The first-order valence-corrected chi connectivity index (χ1v) is 9.31. The van der Waals surface area contributed by atoms with Crippen LogP contribution in [0.2, 0.25) is 0 Å². The zero-order chi connectivity index (χ0) is 18.5. The quantitative estimate of drug-likeness (QED) is 0.568. The van der Waals surface area contributed by atoms with Crippen molar-refractivity contribution in [3.8, 4) is 0 Å². The first-order valence-electron chi connectivity index (χ1n) is 8.32. The van der Waals surface area contributed by atoms with Gasteiger partial charge in [0, 0.05) is 11.7 Å². The highest BCUT2D eigenvalue weighted by Gasteiger charge is 2.23. The van der Waals surface area contributed by atoms with Crippen molar-refractivity contribution in [2.75, 3.05) is 5.75 Å². The van der Waals surface area contributed by atoms with E-state index in [9.17, 15) is 18.7 Å². The SMILES string of the molecule is O=C([O-])CSc1nnc(C2CCCCC2)n1N=Cc1c(F)cccc1F. The van der Waals surface area contributed by atoms with E-state index in [0.29, 0.717) is 5.82 Å². The third-order valence-corrected chi connectivity index (χ3v) is 5.12. The lowest BCUT2D eigenvalue weighted by Gasteiger charge is -2.20. The monoisotopic (exact) mass is 379 g/mol. The van der Waals surface area contributed by atoms with Gasteiger partial charge in [-0.15, -0.1) is 10.2 Å². The summed E-state index contributed by atoms with van der Waals surface area (Å²) in [5.74, 6) is -2.30. The van der Waals surface area contributed by atoms with Crippen LogP contribution in [0.5, 0.6) is 0 Å². The molecule has 1 aromatic heterocycles. The number of thioether (sulfide) groups is 1. The predicted molar refractivity (Wildman–Crippen MR) is 90.9 cm³/mol. The zero-order valence-electron chi connectivity index (χ0n) is 13.9. The fourth-order valence-corrected chi connectivity index (χ4v) is 3.57. The third kappa shape index (κ3) is 4.27. The lowest BCUT2D eigenvalue weighted by Crippen LogP contribution is -2.24. The van der Waals surface area contributed by atoms with Crippen molar-refractivity contribution < 1.29 is 18.7 Å². The largest absolute Gasteiger partial charge is 0.549 e. The normalized spacial score (nSPS) is 15.6. The number of aromatic nitrogens is 3. The van der Waals surface area contributed by atoms with Gasteiger partial charge in [-0.05, 0) is 25.0 Å². The molecular formula is C17H17F2N4O2S-. The Labute approximate surface area is 153 Å². The second-order valence-electron chi connectivity index (χ2n) is 6.03. The van der Waals surface area contributed by atoms with E-state index in [4.69, 9.17) is 0 Å². The second kappa shape index (κ2) is 8.39. The minimum absolute atomic E-state index is 0.135. The fourth-order valence-electron chi connectivity index (χ4n) is 2.96. The molecule has 138 valence electrons. The van der Waals surface area contributed by atoms with Crippen LogP contribution >= 0.6 is 11.8 Å². The molecule has 3 rings (SSSR count). The zero-order valence-corrected chi connectivity index (χ0v) is 14.7. The molecule has 2 aromatic rings. The van der Waals surface area contributed by atoms with Crippen LogP contribution in [-0.2, 0) is 4.79 Å². The molecule has 1 fully saturated rings. The molecule has 1 heterocycles. The average Bonchev–Trinajstić information content (AvgIpc) is 3.03. The summed E-state index contributed by atoms with van der Waals surface area (Å²) < 4.78 is 29.0. The number of hydrogen-bond acceptors (Lipinski definition) is 6. The van der Waals surface area contributed by atoms with Crippen LogP contribution in [0, 0.1) is 11.6 Å². The number of carboxylic acids is 1. The summed E-state index contributed by atoms with van der Waals surface area (Å²) in [6.45, 7) is 0. The van der Waals surface area contributed by atoms with Crippen molar-refractivity contribution in [2.24, 2.45) is 5.10 Å². The van der Waals surface area contributed by atoms with Gasteiger partial charge in [-0.2, -0.15) is 9.78 Å². The van der Waals surface area contributed by atoms with Gasteiger partial charge in [0.2, 0.25) is 5.16 Å². The van der Waals surface area contributed by atoms with Crippen molar-refractivity contribution in [1.82, 2.24) is 14.9 Å². The molecule has 0 amide bonds. The fraction of sp³-hybridized carbons (Fsp3) is 0.412. The van der Waals surface area contributed by atoms with Gasteiger partial charge in [-0.1, -0.05) is 37.1 Å². The smallest absolute Gasteiger partial charge is 0.212 e. The number of nitrogens with zero attached hydrogens (tertiary/aromatic N) is 4. The van der Waals surface area contributed by atoms with E-state index in [2.05, 4.69) is 15.3 Å². The van der Waals surface area contributed by atoms with Crippen LogP contribution in [0.1, 0.15) is 49.4 Å². The number of carboxylic acid groups (broad SMARTS) is 1. The molecule has 6 nitrogen and oxygen atoms in total. The van der Waals surface area contributed by atoms with Crippen LogP contribution in [0.3, 0.4) is 0 Å². The maximum atomic E-state index is 13.8. The second-order valence-corrected chi connectivity index (χ2v) is 6.97. The Morgan fingerprint density at radius 3 is 2.62 bits per heavy atom. The topological polar surface area (TPSA) is 83.2 Å². The third-order valence-electron chi connectivity index (χ3n) is 4.23. The number of rotatable bonds is 6. The number of aliphatic carboxylic acids is 1. The number of halogens is 2. The van der Waals surface area contributed by atoms with E-state index >= 15 is 0 Å². The van der Waals surface area contributed by atoms with E-state index in [1.165, 1.54) is 10.7 Å². The summed E-state index contributed by atoms with van der Waals surface area (Å²) in [4.78, 5) is 10.7. The molecule has 0 bridgehead atoms. The molecule has 1 aliphatic carbocycles. The van der Waals surface area contributed by atoms with E-state index in [1.54, 1.807) is 0 Å². The Morgan fingerprint density at radius 1 is 1.27 bits per heavy atom. The minimum Gasteiger partial charge on any atom is -0.549 e. The maximum absolute atomic E-state index is 13.8. The van der Waals surface area contributed by atoms with Crippen LogP contribution in [0.15, 0.2) is 28.5 Å². The van der Waals surface area contributed by atoms with Crippen molar-refractivity contribution in [3.63, 3.8) is 0 Å². The first-order chi connectivity index (χ1) is 12.6. The van der Waals surface area contributed by atoms with Gasteiger partial charge in [0.15, 0.2) is 5.82 Å². The van der Waals surface area contributed by atoms with Crippen LogP contribution in [-0.4, -0.2) is 32.8 Å². The molecule has 0 unspecified atom stereocenters. The van der Waals surface area contributed by atoms with Crippen molar-refractivity contribution in [3.05, 3.63) is 41.2 Å². The Balaban J connectivity index is 1.94. The van der Waals surface area contributed by atoms with Crippen molar-refractivity contribution in [2.45, 2.75) is 43.2 Å². The van der Waals surface area contributed by atoms with Crippen LogP contribution < -0.4 is 5.11 Å². The summed E-state index contributed by atoms with van der Waals surface area (Å²) in [6, 6.07) is 3.56. The van der Waals surface area contributed by atoms with E-state index in [1.807, 2.05) is 0 Å². The molecule has 9 heteroatoms. The van der Waals surface area contributed by atoms with Gasteiger partial charge in [-0.25, -0.2) is 8.78 Å². The van der Waals surface area contributed by atoms with Crippen molar-refractivity contribution >= 4 is 23.9 Å². The summed E-state index contributed by atoms with van der Waals surface area (Å²) >= 11 is 0.910. The van der Waals surface area contributed by atoms with E-state index in [-0.39, 0.29) is 22.4 Å². The van der Waals surface area contributed by atoms with Crippen molar-refractivity contribution in [1.29, 1.82) is 0 Å². The molecule has 0 saturated heterocycles. The molecule has 0 radical (unpaired) electrons. The summed E-state index contributed by atoms with van der Waals surface area (Å²) in [5, 5.41) is 23.3. The van der Waals surface area contributed by atoms with Gasteiger partial charge in [0.25, 0.3) is 0 Å². The standard InChI is InChI=1S/C17H18F2N4O2S/c18-13-7-4-8-14(19)12(13)9-20-23-16(11-5-2-1-3-6-11)21-22-17(23)26-10-15(24)25/h4,7-9,11H,1-3,5-6,10H2,(H,24,25)/p-1. The highest BCUT2D eigenvalue weighted by molar-refractivity contribution is 7.99. The first kappa shape index (κ1) is 18.5. The number of benzene rings is 1. The molecule has 0 aliphatic heterocycles. The summed E-state index contributed by atoms with van der Waals surface area (Å²) in [6.07, 6.45) is 6.19. The lowest BCUT2D eigenvalue weighted by atomic mass is 9.89. The number of hydrogen-bond donors (Lipinski definition) is 0. The molecule has 0 spiro atoms. The van der Waals surface area contributed by atoms with Crippen LogP contribution in [0.4, 0.5) is 8.78 Å². The Bertz CT molecular complexity index is 799. The molecule has 1 saturated carbocycles. The van der Waals surface area contributed by atoms with Gasteiger partial charge < -0.3 is 9.90 Å². The van der Waals surface area contributed by atoms with Gasteiger partial charge in [-0.3, -0.25) is 0 Å². The molecule has 1 aliphatic rings. The molecule has 0 atom stereocenters. The minimum atomic E-state index is -1.24. The Hall–Kier alpha value is -2.29. The summed E-state index contributed by atoms with van der Waals surface area (Å²) in [7, 11) is 0. The Morgan fingerprint density at radius 2 is 1.96 bits per heavy atom. The highest BCUT2D eigenvalue weighted by Crippen LogP contribution is 2.33. The van der Waals surface area contributed by atoms with Gasteiger partial charge in [0.05, 0.1) is 17.7 Å². The summed E-state index contributed by atoms with van der Waals surface area (Å²) in [5.41, 5.74) is -0.272. The number of carbonyl (C=O) groups is 1. The van der Waals surface area contributed by atoms with E-state index < -0.39 is 17.6 Å².